The molecule has 0 aliphatic heterocycles. The van der Waals surface area contributed by atoms with E-state index in [4.69, 9.17) is 5.26 Å². The first-order chi connectivity index (χ1) is 7.04. The number of halogens is 1. The van der Waals surface area contributed by atoms with Crippen molar-refractivity contribution < 1.29 is 4.79 Å². The highest BCUT2D eigenvalue weighted by Gasteiger charge is 2.11. The summed E-state index contributed by atoms with van der Waals surface area (Å²) >= 11 is 3.29. The van der Waals surface area contributed by atoms with Crippen molar-refractivity contribution in [2.24, 2.45) is 13.0 Å². The van der Waals surface area contributed by atoms with Gasteiger partial charge in [-0.2, -0.15) is 5.26 Å². The summed E-state index contributed by atoms with van der Waals surface area (Å²) in [5.74, 6) is -0.331. The normalized spacial score (nSPS) is 11.9. The van der Waals surface area contributed by atoms with Crippen LogP contribution in [0.1, 0.15) is 17.4 Å². The van der Waals surface area contributed by atoms with Crippen molar-refractivity contribution in [1.82, 2.24) is 9.88 Å². The summed E-state index contributed by atoms with van der Waals surface area (Å²) in [7, 11) is 1.80. The van der Waals surface area contributed by atoms with Gasteiger partial charge in [-0.25, -0.2) is 0 Å². The number of carbonyl (C=O) groups excluding carboxylic acids is 1. The Kier molecular flexibility index (Phi) is 3.92. The van der Waals surface area contributed by atoms with Gasteiger partial charge in [-0.1, -0.05) is 0 Å². The van der Waals surface area contributed by atoms with Gasteiger partial charge in [0.1, 0.15) is 5.69 Å². The summed E-state index contributed by atoms with van der Waals surface area (Å²) in [5, 5.41) is 11.3. The van der Waals surface area contributed by atoms with Gasteiger partial charge in [0.15, 0.2) is 0 Å². The van der Waals surface area contributed by atoms with Crippen molar-refractivity contribution in [1.29, 1.82) is 5.26 Å². The maximum Gasteiger partial charge on any atom is 0.267 e. The van der Waals surface area contributed by atoms with E-state index in [2.05, 4.69) is 27.3 Å². The standard InChI is InChI=1S/C10H12BrN3O/c1-7(4-12)5-13-10(15)9-3-8(11)6-14(9)2/h3,6-7H,5H2,1-2H3,(H,13,15). The van der Waals surface area contributed by atoms with Crippen LogP contribution in [-0.2, 0) is 7.05 Å². The van der Waals surface area contributed by atoms with Crippen molar-refractivity contribution >= 4 is 21.8 Å². The van der Waals surface area contributed by atoms with E-state index in [0.29, 0.717) is 12.2 Å². The van der Waals surface area contributed by atoms with Gasteiger partial charge in [0.2, 0.25) is 0 Å². The van der Waals surface area contributed by atoms with E-state index in [-0.39, 0.29) is 11.8 Å². The molecule has 1 atom stereocenters. The molecular weight excluding hydrogens is 258 g/mol. The number of nitriles is 1. The average Bonchev–Trinajstić information content (AvgIpc) is 2.53. The fraction of sp³-hybridized carbons (Fsp3) is 0.400. The van der Waals surface area contributed by atoms with Crippen molar-refractivity contribution in [2.45, 2.75) is 6.92 Å². The smallest absolute Gasteiger partial charge is 0.267 e. The zero-order valence-corrected chi connectivity index (χ0v) is 10.2. The number of nitrogens with zero attached hydrogens (tertiary/aromatic N) is 2. The Morgan fingerprint density at radius 1 is 1.80 bits per heavy atom. The van der Waals surface area contributed by atoms with E-state index >= 15 is 0 Å². The number of amides is 1. The lowest BCUT2D eigenvalue weighted by Crippen LogP contribution is -2.29. The van der Waals surface area contributed by atoms with E-state index in [1.165, 1.54) is 0 Å². The second-order valence-corrected chi connectivity index (χ2v) is 4.31. The number of nitrogens with one attached hydrogen (secondary N) is 1. The average molecular weight is 270 g/mol. The fourth-order valence-electron chi connectivity index (χ4n) is 1.13. The van der Waals surface area contributed by atoms with Crippen LogP contribution in [0.3, 0.4) is 0 Å². The summed E-state index contributed by atoms with van der Waals surface area (Å²) in [5.41, 5.74) is 0.576. The first-order valence-electron chi connectivity index (χ1n) is 4.54. The SMILES string of the molecule is CC(C#N)CNC(=O)c1cc(Br)cn1C. The van der Waals surface area contributed by atoms with Crippen molar-refractivity contribution in [3.05, 3.63) is 22.4 Å². The lowest BCUT2D eigenvalue weighted by atomic mass is 10.2. The Morgan fingerprint density at radius 3 is 2.93 bits per heavy atom. The van der Waals surface area contributed by atoms with Crippen LogP contribution in [0.5, 0.6) is 0 Å². The minimum atomic E-state index is -0.169. The van der Waals surface area contributed by atoms with Crippen molar-refractivity contribution in [3.63, 3.8) is 0 Å². The van der Waals surface area contributed by atoms with Gasteiger partial charge in [0.25, 0.3) is 5.91 Å². The van der Waals surface area contributed by atoms with E-state index < -0.39 is 0 Å². The fourth-order valence-corrected chi connectivity index (χ4v) is 1.66. The second kappa shape index (κ2) is 4.99. The molecule has 1 heterocycles. The molecule has 1 aromatic heterocycles. The van der Waals surface area contributed by atoms with Crippen molar-refractivity contribution in [2.75, 3.05) is 6.54 Å². The molecule has 4 nitrogen and oxygen atoms in total. The number of rotatable bonds is 3. The summed E-state index contributed by atoms with van der Waals surface area (Å²) in [6.45, 7) is 2.14. The van der Waals surface area contributed by atoms with Crippen LogP contribution in [-0.4, -0.2) is 17.0 Å². The summed E-state index contributed by atoms with van der Waals surface area (Å²) < 4.78 is 2.60. The van der Waals surface area contributed by atoms with Crippen molar-refractivity contribution in [3.8, 4) is 6.07 Å². The van der Waals surface area contributed by atoms with Crippen LogP contribution in [0, 0.1) is 17.2 Å². The molecule has 15 heavy (non-hydrogen) atoms. The third-order valence-corrected chi connectivity index (χ3v) is 2.43. The molecule has 0 spiro atoms. The molecule has 0 aliphatic rings. The highest BCUT2D eigenvalue weighted by molar-refractivity contribution is 9.10. The van der Waals surface area contributed by atoms with Gasteiger partial charge >= 0.3 is 0 Å². The monoisotopic (exact) mass is 269 g/mol. The second-order valence-electron chi connectivity index (χ2n) is 3.39. The van der Waals surface area contributed by atoms with E-state index in [0.717, 1.165) is 4.47 Å². The first kappa shape index (κ1) is 11.8. The highest BCUT2D eigenvalue weighted by atomic mass is 79.9. The van der Waals surface area contributed by atoms with Crippen LogP contribution >= 0.6 is 15.9 Å². The predicted molar refractivity (Wildman–Crippen MR) is 60.2 cm³/mol. The Balaban J connectivity index is 2.62. The molecule has 0 fully saturated rings. The molecule has 0 radical (unpaired) electrons. The molecule has 1 aromatic rings. The lowest BCUT2D eigenvalue weighted by Gasteiger charge is -2.06. The topological polar surface area (TPSA) is 57.8 Å². The molecule has 0 aromatic carbocycles. The van der Waals surface area contributed by atoms with Gasteiger partial charge in [-0.15, -0.1) is 0 Å². The molecule has 80 valence electrons. The summed E-state index contributed by atoms with van der Waals surface area (Å²) in [6, 6.07) is 3.80. The Morgan fingerprint density at radius 2 is 2.47 bits per heavy atom. The molecule has 0 saturated carbocycles. The Bertz CT molecular complexity index is 405. The van der Waals surface area contributed by atoms with Crippen LogP contribution in [0.2, 0.25) is 0 Å². The molecule has 1 amide bonds. The molecule has 1 rings (SSSR count). The summed E-state index contributed by atoms with van der Waals surface area (Å²) in [6.07, 6.45) is 1.81. The highest BCUT2D eigenvalue weighted by Crippen LogP contribution is 2.13. The van der Waals surface area contributed by atoms with E-state index in [1.807, 2.05) is 6.20 Å². The largest absolute Gasteiger partial charge is 0.349 e. The Hall–Kier alpha value is -1.28. The van der Waals surface area contributed by atoms with Gasteiger partial charge in [0, 0.05) is 24.3 Å². The van der Waals surface area contributed by atoms with Gasteiger partial charge < -0.3 is 9.88 Å². The maximum absolute atomic E-state index is 11.6. The van der Waals surface area contributed by atoms with Gasteiger partial charge in [-0.05, 0) is 28.9 Å². The van der Waals surface area contributed by atoms with E-state index in [9.17, 15) is 4.79 Å². The number of aromatic nitrogens is 1. The number of aryl methyl sites for hydroxylation is 1. The maximum atomic E-state index is 11.6. The Labute approximate surface area is 97.0 Å². The third kappa shape index (κ3) is 3.10. The minimum absolute atomic E-state index is 0.162. The van der Waals surface area contributed by atoms with Gasteiger partial charge in [0.05, 0.1) is 12.0 Å². The molecule has 1 unspecified atom stereocenters. The zero-order chi connectivity index (χ0) is 11.4. The predicted octanol–water partition coefficient (Wildman–Crippen LogP) is 1.68. The van der Waals surface area contributed by atoms with E-state index in [1.54, 1.807) is 24.6 Å². The van der Waals surface area contributed by atoms with Crippen LogP contribution in [0.4, 0.5) is 0 Å². The van der Waals surface area contributed by atoms with Gasteiger partial charge in [-0.3, -0.25) is 4.79 Å². The first-order valence-corrected chi connectivity index (χ1v) is 5.33. The molecule has 1 N–H and O–H groups in total. The molecular formula is C10H12BrN3O. The minimum Gasteiger partial charge on any atom is -0.349 e. The number of carbonyl (C=O) groups is 1. The molecule has 0 saturated heterocycles. The lowest BCUT2D eigenvalue weighted by molar-refractivity contribution is 0.0942. The number of hydrogen-bond donors (Lipinski definition) is 1. The third-order valence-electron chi connectivity index (χ3n) is 1.99. The van der Waals surface area contributed by atoms with Crippen LogP contribution in [0.25, 0.3) is 0 Å². The quantitative estimate of drug-likeness (QED) is 0.908. The zero-order valence-electron chi connectivity index (χ0n) is 8.62. The summed E-state index contributed by atoms with van der Waals surface area (Å²) in [4.78, 5) is 11.6. The van der Waals surface area contributed by atoms with Crippen LogP contribution in [0.15, 0.2) is 16.7 Å². The molecule has 0 aliphatic carbocycles. The molecule has 0 bridgehead atoms. The number of hydrogen-bond acceptors (Lipinski definition) is 2. The van der Waals surface area contributed by atoms with Crippen LogP contribution < -0.4 is 5.32 Å². The molecule has 5 heteroatoms.